The fraction of sp³-hybridized carbons (Fsp3) is 0.944. The molecule has 0 amide bonds. The standard InChI is InChI=1S/C72H140O17P2/c1-7-10-12-14-16-18-19-20-21-22-23-24-25-26-27-32-38-44-50-56-71(76)88-67(61-83-70(75)55-49-43-37-31-29-28-30-35-41-47-53-65(6)9-3)62-86-90(78,79)84-58-66(73)59-85-91(80,81)87-63-68(60-82-69(74)54-48-42-36-17-15-13-11-8-2)89-72(77)57-51-45-39-33-34-40-46-52-64(4)5/h64-68,73H,7-63H2,1-6H3,(H,78,79)(H,80,81)/t65?,66-,67-,68-/m1/s1. The van der Waals surface area contributed by atoms with E-state index in [-0.39, 0.29) is 25.7 Å². The van der Waals surface area contributed by atoms with Crippen LogP contribution < -0.4 is 0 Å². The molecular formula is C72H140O17P2. The molecule has 0 rings (SSSR count). The SMILES string of the molecule is CCCCCCCCCCCCCCCCCCCCCC(=O)O[C@H](COC(=O)CCCCCCCCCCCCC(C)CC)COP(=O)(O)OC[C@@H](O)COP(=O)(O)OC[C@@H](COC(=O)CCCCCCCCCC)OC(=O)CCCCCCCCCC(C)C. The molecule has 0 heterocycles. The molecule has 0 bridgehead atoms. The summed E-state index contributed by atoms with van der Waals surface area (Å²) in [5.41, 5.74) is 0. The smallest absolute Gasteiger partial charge is 0.462 e. The third kappa shape index (κ3) is 65.1. The summed E-state index contributed by atoms with van der Waals surface area (Å²) in [6, 6.07) is 0. The normalized spacial score (nSPS) is 14.4. The van der Waals surface area contributed by atoms with Crippen molar-refractivity contribution in [2.75, 3.05) is 39.6 Å². The molecule has 0 radical (unpaired) electrons. The molecule has 0 fully saturated rings. The van der Waals surface area contributed by atoms with Gasteiger partial charge in [-0.25, -0.2) is 9.13 Å². The number of rotatable bonds is 71. The van der Waals surface area contributed by atoms with E-state index in [9.17, 15) is 43.2 Å². The lowest BCUT2D eigenvalue weighted by atomic mass is 9.99. The number of esters is 4. The van der Waals surface area contributed by atoms with Crippen molar-refractivity contribution in [3.8, 4) is 0 Å². The Morgan fingerprint density at radius 1 is 0.319 bits per heavy atom. The zero-order valence-corrected chi connectivity index (χ0v) is 60.9. The average Bonchev–Trinajstić information content (AvgIpc) is 3.73. The zero-order chi connectivity index (χ0) is 67.2. The summed E-state index contributed by atoms with van der Waals surface area (Å²) in [5.74, 6) is -0.621. The third-order valence-corrected chi connectivity index (χ3v) is 19.0. The predicted octanol–water partition coefficient (Wildman–Crippen LogP) is 20.8. The summed E-state index contributed by atoms with van der Waals surface area (Å²) in [6.07, 6.45) is 50.1. The summed E-state index contributed by atoms with van der Waals surface area (Å²) in [6.45, 7) is 9.50. The van der Waals surface area contributed by atoms with Crippen LogP contribution in [0.3, 0.4) is 0 Å². The van der Waals surface area contributed by atoms with Crippen molar-refractivity contribution in [1.29, 1.82) is 0 Å². The van der Waals surface area contributed by atoms with Gasteiger partial charge in [0.15, 0.2) is 12.2 Å². The highest BCUT2D eigenvalue weighted by Gasteiger charge is 2.30. The van der Waals surface area contributed by atoms with Crippen LogP contribution in [0.15, 0.2) is 0 Å². The number of carbonyl (C=O) groups is 4. The highest BCUT2D eigenvalue weighted by Crippen LogP contribution is 2.45. The number of aliphatic hydroxyl groups is 1. The Bertz CT molecular complexity index is 1770. The van der Waals surface area contributed by atoms with Gasteiger partial charge in [-0.2, -0.15) is 0 Å². The van der Waals surface area contributed by atoms with Crippen molar-refractivity contribution in [2.45, 2.75) is 387 Å². The van der Waals surface area contributed by atoms with Crippen molar-refractivity contribution >= 4 is 39.5 Å². The number of hydrogen-bond acceptors (Lipinski definition) is 15. The van der Waals surface area contributed by atoms with E-state index in [4.69, 9.17) is 37.0 Å². The third-order valence-electron chi connectivity index (χ3n) is 17.1. The Balaban J connectivity index is 5.20. The molecular weight excluding hydrogens is 1200 g/mol. The molecule has 0 aromatic carbocycles. The topological polar surface area (TPSA) is 237 Å². The molecule has 0 aliphatic carbocycles. The maximum atomic E-state index is 13.0. The summed E-state index contributed by atoms with van der Waals surface area (Å²) < 4.78 is 68.3. The van der Waals surface area contributed by atoms with E-state index in [2.05, 4.69) is 41.5 Å². The molecule has 91 heavy (non-hydrogen) atoms. The van der Waals surface area contributed by atoms with Gasteiger partial charge < -0.3 is 33.8 Å². The van der Waals surface area contributed by atoms with Crippen molar-refractivity contribution < 1.29 is 80.2 Å². The Morgan fingerprint density at radius 3 is 0.835 bits per heavy atom. The Hall–Kier alpha value is -1.94. The minimum absolute atomic E-state index is 0.103. The molecule has 0 aliphatic heterocycles. The summed E-state index contributed by atoms with van der Waals surface area (Å²) >= 11 is 0. The predicted molar refractivity (Wildman–Crippen MR) is 368 cm³/mol. The molecule has 19 heteroatoms. The van der Waals surface area contributed by atoms with Gasteiger partial charge in [0.05, 0.1) is 26.4 Å². The van der Waals surface area contributed by atoms with Gasteiger partial charge in [-0.15, -0.1) is 0 Å². The molecule has 0 saturated heterocycles. The first-order chi connectivity index (χ1) is 43.9. The Morgan fingerprint density at radius 2 is 0.560 bits per heavy atom. The first kappa shape index (κ1) is 89.1. The number of phosphoric ester groups is 2. The first-order valence-electron chi connectivity index (χ1n) is 37.5. The monoisotopic (exact) mass is 1340 g/mol. The molecule has 3 N–H and O–H groups in total. The number of ether oxygens (including phenoxy) is 4. The minimum Gasteiger partial charge on any atom is -0.462 e. The Kier molecular flexibility index (Phi) is 62.7. The van der Waals surface area contributed by atoms with Crippen LogP contribution in [-0.2, 0) is 65.4 Å². The highest BCUT2D eigenvalue weighted by molar-refractivity contribution is 7.47. The highest BCUT2D eigenvalue weighted by atomic mass is 31.2. The van der Waals surface area contributed by atoms with Gasteiger partial charge in [-0.05, 0) is 37.5 Å². The van der Waals surface area contributed by atoms with Gasteiger partial charge in [-0.1, -0.05) is 318 Å². The lowest BCUT2D eigenvalue weighted by Crippen LogP contribution is -2.30. The van der Waals surface area contributed by atoms with E-state index in [1.807, 2.05) is 0 Å². The van der Waals surface area contributed by atoms with Crippen molar-refractivity contribution in [1.82, 2.24) is 0 Å². The molecule has 0 aromatic rings. The van der Waals surface area contributed by atoms with Crippen molar-refractivity contribution in [3.05, 3.63) is 0 Å². The quantitative estimate of drug-likeness (QED) is 0.0222. The fourth-order valence-electron chi connectivity index (χ4n) is 10.9. The fourth-order valence-corrected chi connectivity index (χ4v) is 12.5. The molecule has 0 spiro atoms. The molecule has 0 aromatic heterocycles. The number of phosphoric acid groups is 2. The maximum Gasteiger partial charge on any atom is 0.472 e. The summed E-state index contributed by atoms with van der Waals surface area (Å²) in [7, 11) is -9.90. The van der Waals surface area contributed by atoms with E-state index >= 15 is 0 Å². The largest absolute Gasteiger partial charge is 0.472 e. The van der Waals surface area contributed by atoms with Crippen LogP contribution in [0.5, 0.6) is 0 Å². The van der Waals surface area contributed by atoms with Crippen molar-refractivity contribution in [2.24, 2.45) is 11.8 Å². The zero-order valence-electron chi connectivity index (χ0n) is 59.1. The van der Waals surface area contributed by atoms with Crippen LogP contribution in [0.25, 0.3) is 0 Å². The molecule has 3 unspecified atom stereocenters. The number of unbranched alkanes of at least 4 members (excludes halogenated alkanes) is 40. The second-order valence-corrected chi connectivity index (χ2v) is 29.6. The van der Waals surface area contributed by atoms with Gasteiger partial charge in [0.1, 0.15) is 19.3 Å². The molecule has 0 saturated carbocycles. The van der Waals surface area contributed by atoms with Crippen molar-refractivity contribution in [3.63, 3.8) is 0 Å². The number of carbonyl (C=O) groups excluding carboxylic acids is 4. The van der Waals surface area contributed by atoms with Gasteiger partial charge in [0.25, 0.3) is 0 Å². The lowest BCUT2D eigenvalue weighted by molar-refractivity contribution is -0.161. The molecule has 17 nitrogen and oxygen atoms in total. The van der Waals surface area contributed by atoms with Crippen LogP contribution in [0.2, 0.25) is 0 Å². The van der Waals surface area contributed by atoms with E-state index in [1.54, 1.807) is 0 Å². The summed E-state index contributed by atoms with van der Waals surface area (Å²) in [5, 5.41) is 10.6. The second kappa shape index (κ2) is 64.1. The van der Waals surface area contributed by atoms with Crippen LogP contribution in [0.1, 0.15) is 369 Å². The first-order valence-corrected chi connectivity index (χ1v) is 40.5. The summed E-state index contributed by atoms with van der Waals surface area (Å²) in [4.78, 5) is 72.5. The molecule has 6 atom stereocenters. The van der Waals surface area contributed by atoms with E-state index < -0.39 is 97.5 Å². The van der Waals surface area contributed by atoms with Gasteiger partial charge in [-0.3, -0.25) is 37.3 Å². The van der Waals surface area contributed by atoms with E-state index in [0.29, 0.717) is 31.6 Å². The van der Waals surface area contributed by atoms with Gasteiger partial charge >= 0.3 is 39.5 Å². The van der Waals surface area contributed by atoms with Gasteiger partial charge in [0, 0.05) is 25.7 Å². The van der Waals surface area contributed by atoms with Crippen LogP contribution in [0.4, 0.5) is 0 Å². The number of hydrogen-bond donors (Lipinski definition) is 3. The van der Waals surface area contributed by atoms with Crippen LogP contribution in [0, 0.1) is 11.8 Å². The second-order valence-electron chi connectivity index (χ2n) is 26.7. The van der Waals surface area contributed by atoms with Crippen LogP contribution in [-0.4, -0.2) is 96.7 Å². The Labute approximate surface area is 556 Å². The molecule has 0 aliphatic rings. The average molecular weight is 1340 g/mol. The lowest BCUT2D eigenvalue weighted by Gasteiger charge is -2.21. The minimum atomic E-state index is -4.95. The van der Waals surface area contributed by atoms with Crippen LogP contribution >= 0.6 is 15.6 Å². The molecule has 540 valence electrons. The number of aliphatic hydroxyl groups excluding tert-OH is 1. The van der Waals surface area contributed by atoms with E-state index in [1.165, 1.54) is 180 Å². The van der Waals surface area contributed by atoms with E-state index in [0.717, 1.165) is 102 Å². The van der Waals surface area contributed by atoms with Gasteiger partial charge in [0.2, 0.25) is 0 Å². The maximum absolute atomic E-state index is 13.0.